The molecule has 4 amide bonds. The summed E-state index contributed by atoms with van der Waals surface area (Å²) in [4.78, 5) is 49.6. The average molecular weight is 639 g/mol. The van der Waals surface area contributed by atoms with Crippen molar-refractivity contribution in [1.82, 2.24) is 30.8 Å². The number of amides is 4. The Morgan fingerprint density at radius 2 is 1.78 bits per heavy atom. The maximum atomic E-state index is 14.0. The number of H-pyrrole nitrogens is 1. The van der Waals surface area contributed by atoms with Crippen molar-refractivity contribution in [2.24, 2.45) is 11.8 Å². The van der Waals surface area contributed by atoms with Gasteiger partial charge in [0.05, 0.1) is 31.7 Å². The van der Waals surface area contributed by atoms with E-state index in [0.717, 1.165) is 25.7 Å². The molecule has 0 unspecified atom stereocenters. The first-order valence-electron chi connectivity index (χ1n) is 16.5. The van der Waals surface area contributed by atoms with Crippen molar-refractivity contribution in [1.29, 1.82) is 0 Å². The molecule has 0 bridgehead atoms. The first-order valence-corrected chi connectivity index (χ1v) is 16.5. The van der Waals surface area contributed by atoms with Crippen molar-refractivity contribution in [3.63, 3.8) is 0 Å². The van der Waals surface area contributed by atoms with Crippen LogP contribution in [0.1, 0.15) is 70.1 Å². The van der Waals surface area contributed by atoms with Gasteiger partial charge >= 0.3 is 6.03 Å². The minimum absolute atomic E-state index is 0.0174. The summed E-state index contributed by atoms with van der Waals surface area (Å²) in [6.45, 7) is 5.54. The number of imidazole rings is 1. The van der Waals surface area contributed by atoms with Crippen molar-refractivity contribution >= 4 is 23.9 Å². The van der Waals surface area contributed by atoms with Crippen molar-refractivity contribution in [2.75, 3.05) is 26.3 Å². The Hall–Kier alpha value is -3.74. The van der Waals surface area contributed by atoms with E-state index < -0.39 is 42.1 Å². The minimum atomic E-state index is -1.17. The zero-order valence-electron chi connectivity index (χ0n) is 27.0. The number of nitrogens with zero attached hydrogens (tertiary/aromatic N) is 2. The zero-order valence-corrected chi connectivity index (χ0v) is 27.0. The predicted molar refractivity (Wildman–Crippen MR) is 174 cm³/mol. The van der Waals surface area contributed by atoms with E-state index >= 15 is 0 Å². The number of hydrogen-bond donors (Lipinski definition) is 6. The van der Waals surface area contributed by atoms with Gasteiger partial charge in [-0.15, -0.1) is 0 Å². The second kappa shape index (κ2) is 17.8. The molecule has 2 aliphatic rings. The number of morpholine rings is 1. The van der Waals surface area contributed by atoms with Gasteiger partial charge in [-0.05, 0) is 36.3 Å². The summed E-state index contributed by atoms with van der Waals surface area (Å²) in [5, 5.41) is 30.7. The molecule has 1 aromatic heterocycles. The largest absolute Gasteiger partial charge is 0.390 e. The van der Waals surface area contributed by atoms with E-state index in [-0.39, 0.29) is 18.0 Å². The molecule has 2 fully saturated rings. The van der Waals surface area contributed by atoms with Crippen molar-refractivity contribution in [3.05, 3.63) is 59.8 Å². The van der Waals surface area contributed by atoms with Crippen LogP contribution < -0.4 is 16.0 Å². The molecule has 6 N–H and O–H groups in total. The fraction of sp³-hybridized carbons (Fsp3) is 0.588. The molecule has 1 saturated carbocycles. The third-order valence-corrected chi connectivity index (χ3v) is 8.65. The number of rotatable bonds is 14. The lowest BCUT2D eigenvalue weighted by Gasteiger charge is -2.33. The number of carbonyl (C=O) groups excluding carboxylic acids is 3. The summed E-state index contributed by atoms with van der Waals surface area (Å²) in [6.07, 6.45) is 8.85. The summed E-state index contributed by atoms with van der Waals surface area (Å²) >= 11 is 0. The Bertz CT molecular complexity index is 1260. The van der Waals surface area contributed by atoms with Gasteiger partial charge in [0.25, 0.3) is 5.91 Å². The number of hydrogen-bond acceptors (Lipinski definition) is 7. The second-order valence-corrected chi connectivity index (χ2v) is 12.8. The second-order valence-electron chi connectivity index (χ2n) is 12.8. The smallest absolute Gasteiger partial charge is 0.322 e. The minimum Gasteiger partial charge on any atom is -0.390 e. The van der Waals surface area contributed by atoms with E-state index in [0.29, 0.717) is 56.3 Å². The summed E-state index contributed by atoms with van der Waals surface area (Å²) in [5.41, 5.74) is 1.30. The molecule has 1 saturated heterocycles. The number of aliphatic hydroxyl groups is 2. The fourth-order valence-corrected chi connectivity index (χ4v) is 6.14. The third kappa shape index (κ3) is 11.0. The SMILES string of the molecule is CC(C)C[C@H](O)[C@H](O)[C@H](CC1CCCCC1)NC(=O)[C@H](Cc1cnc[nH]1)NC(=O)/C(=C/c1ccccc1)NC(=O)N1CCOCC1. The maximum absolute atomic E-state index is 14.0. The first kappa shape index (κ1) is 35.1. The average Bonchev–Trinajstić information content (AvgIpc) is 3.57. The standard InChI is InChI=1S/C34H50N6O6/c1-23(2)17-30(41)31(42)27(18-24-9-5-3-6-10-24)37-33(44)29(20-26-21-35-22-36-26)38-32(43)28(19-25-11-7-4-8-12-25)39-34(45)40-13-15-46-16-14-40/h4,7-8,11-12,19,21-24,27,29-31,41-42H,3,5-6,9-10,13-18,20H2,1-2H3,(H,35,36)(H,37,44)(H,38,43)(H,39,45)/b28-19-/t27-,29-,30-,31+/m0/s1. The van der Waals surface area contributed by atoms with Gasteiger partial charge in [-0.1, -0.05) is 76.3 Å². The van der Waals surface area contributed by atoms with Crippen LogP contribution in [0.25, 0.3) is 6.08 Å². The van der Waals surface area contributed by atoms with Gasteiger partial charge in [0.1, 0.15) is 17.8 Å². The normalized spacial score (nSPS) is 18.8. The summed E-state index contributed by atoms with van der Waals surface area (Å²) < 4.78 is 5.35. The van der Waals surface area contributed by atoms with Gasteiger partial charge < -0.3 is 40.8 Å². The molecule has 0 spiro atoms. The molecule has 2 aromatic rings. The quantitative estimate of drug-likeness (QED) is 0.173. The highest BCUT2D eigenvalue weighted by Gasteiger charge is 2.34. The van der Waals surface area contributed by atoms with Gasteiger partial charge in [0.15, 0.2) is 0 Å². The van der Waals surface area contributed by atoms with Crippen LogP contribution in [-0.4, -0.2) is 93.5 Å². The van der Waals surface area contributed by atoms with Crippen LogP contribution in [0, 0.1) is 11.8 Å². The van der Waals surface area contributed by atoms with Crippen molar-refractivity contribution < 1.29 is 29.3 Å². The van der Waals surface area contributed by atoms with Crippen LogP contribution in [0.5, 0.6) is 0 Å². The van der Waals surface area contributed by atoms with Gasteiger partial charge in [-0.2, -0.15) is 0 Å². The van der Waals surface area contributed by atoms with Crippen LogP contribution >= 0.6 is 0 Å². The van der Waals surface area contributed by atoms with Crippen LogP contribution in [0.2, 0.25) is 0 Å². The molecule has 4 atom stereocenters. The zero-order chi connectivity index (χ0) is 32.9. The van der Waals surface area contributed by atoms with Gasteiger partial charge in [0.2, 0.25) is 5.91 Å². The van der Waals surface area contributed by atoms with E-state index in [1.165, 1.54) is 12.7 Å². The fourth-order valence-electron chi connectivity index (χ4n) is 6.14. The molecule has 2 heterocycles. The highest BCUT2D eigenvalue weighted by molar-refractivity contribution is 6.03. The van der Waals surface area contributed by atoms with Crippen molar-refractivity contribution in [3.8, 4) is 0 Å². The number of aliphatic hydroxyl groups excluding tert-OH is 2. The number of ether oxygens (including phenoxy) is 1. The summed E-state index contributed by atoms with van der Waals surface area (Å²) in [5.74, 6) is -0.672. The Labute approximate surface area is 271 Å². The van der Waals surface area contributed by atoms with E-state index in [2.05, 4.69) is 25.9 Å². The van der Waals surface area contributed by atoms with Gasteiger partial charge in [-0.25, -0.2) is 9.78 Å². The van der Waals surface area contributed by atoms with Crippen LogP contribution in [0.3, 0.4) is 0 Å². The lowest BCUT2D eigenvalue weighted by molar-refractivity contribution is -0.129. The molecule has 1 aromatic carbocycles. The predicted octanol–water partition coefficient (Wildman–Crippen LogP) is 2.74. The number of benzene rings is 1. The summed E-state index contributed by atoms with van der Waals surface area (Å²) in [7, 11) is 0. The molecule has 12 heteroatoms. The molecule has 12 nitrogen and oxygen atoms in total. The maximum Gasteiger partial charge on any atom is 0.322 e. The Balaban J connectivity index is 1.56. The van der Waals surface area contributed by atoms with Crippen LogP contribution in [0.4, 0.5) is 4.79 Å². The monoisotopic (exact) mass is 638 g/mol. The topological polar surface area (TPSA) is 169 Å². The van der Waals surface area contributed by atoms with Crippen LogP contribution in [-0.2, 0) is 20.7 Å². The highest BCUT2D eigenvalue weighted by atomic mass is 16.5. The molecule has 1 aliphatic carbocycles. The lowest BCUT2D eigenvalue weighted by atomic mass is 9.82. The van der Waals surface area contributed by atoms with Crippen LogP contribution in [0.15, 0.2) is 48.6 Å². The molecule has 4 rings (SSSR count). The van der Waals surface area contributed by atoms with Crippen molar-refractivity contribution in [2.45, 2.75) is 89.5 Å². The molecule has 1 aliphatic heterocycles. The summed E-state index contributed by atoms with van der Waals surface area (Å²) in [6, 6.07) is 6.90. The van der Waals surface area contributed by atoms with E-state index in [9.17, 15) is 24.6 Å². The molecule has 252 valence electrons. The highest BCUT2D eigenvalue weighted by Crippen LogP contribution is 2.29. The third-order valence-electron chi connectivity index (χ3n) is 8.65. The molecular weight excluding hydrogens is 588 g/mol. The molecule has 0 radical (unpaired) electrons. The first-order chi connectivity index (χ1) is 22.2. The number of aromatic nitrogens is 2. The number of urea groups is 1. The lowest BCUT2D eigenvalue weighted by Crippen LogP contribution is -2.56. The number of aromatic amines is 1. The van der Waals surface area contributed by atoms with Gasteiger partial charge in [0, 0.05) is 31.4 Å². The van der Waals surface area contributed by atoms with E-state index in [1.54, 1.807) is 17.2 Å². The Morgan fingerprint density at radius 1 is 1.07 bits per heavy atom. The number of carbonyl (C=O) groups is 3. The van der Waals surface area contributed by atoms with E-state index in [1.807, 2.05) is 44.2 Å². The van der Waals surface area contributed by atoms with E-state index in [4.69, 9.17) is 4.74 Å². The number of nitrogens with one attached hydrogen (secondary N) is 4. The Kier molecular flexibility index (Phi) is 13.6. The molecular formula is C34H50N6O6. The van der Waals surface area contributed by atoms with Gasteiger partial charge in [-0.3, -0.25) is 9.59 Å². The Morgan fingerprint density at radius 3 is 2.43 bits per heavy atom. The molecule has 46 heavy (non-hydrogen) atoms.